The number of rotatable bonds is 6. The van der Waals surface area contributed by atoms with Crippen molar-refractivity contribution < 1.29 is 18.3 Å². The Kier molecular flexibility index (Phi) is 4.70. The number of ether oxygens (including phenoxy) is 1. The first-order valence-electron chi connectivity index (χ1n) is 6.46. The summed E-state index contributed by atoms with van der Waals surface area (Å²) < 4.78 is 28.3. The van der Waals surface area contributed by atoms with E-state index in [1.165, 1.54) is 12.3 Å². The summed E-state index contributed by atoms with van der Waals surface area (Å²) in [6.07, 6.45) is 2.81. The van der Waals surface area contributed by atoms with E-state index in [0.29, 0.717) is 25.3 Å². The van der Waals surface area contributed by atoms with Crippen molar-refractivity contribution in [2.75, 3.05) is 31.6 Å². The molecule has 0 unspecified atom stereocenters. The number of alkyl halides is 2. The molecule has 0 aromatic carbocycles. The first-order valence-corrected chi connectivity index (χ1v) is 6.46. The zero-order valence-electron chi connectivity index (χ0n) is 11.3. The molecule has 1 amide bonds. The standard InChI is InChI=1S/C13H17F2N3O2/c1-17(7-8-18-6-2-3-12(18)19)11-5-4-10(9-16-11)20-13(14)15/h4-5,9,13H,2-3,6-8H2,1H3. The van der Waals surface area contributed by atoms with E-state index < -0.39 is 6.61 Å². The number of hydrogen-bond donors (Lipinski definition) is 0. The molecular formula is C13H17F2N3O2. The van der Waals surface area contributed by atoms with Crippen LogP contribution in [0.5, 0.6) is 5.75 Å². The summed E-state index contributed by atoms with van der Waals surface area (Å²) in [4.78, 5) is 19.2. The molecule has 2 heterocycles. The molecule has 0 N–H and O–H groups in total. The molecule has 110 valence electrons. The van der Waals surface area contributed by atoms with Crippen LogP contribution in [0.15, 0.2) is 18.3 Å². The minimum Gasteiger partial charge on any atom is -0.433 e. The number of nitrogens with zero attached hydrogens (tertiary/aromatic N) is 3. The number of halogens is 2. The lowest BCUT2D eigenvalue weighted by molar-refractivity contribution is -0.127. The Hall–Kier alpha value is -1.92. The van der Waals surface area contributed by atoms with Crippen LogP contribution in [0.1, 0.15) is 12.8 Å². The van der Waals surface area contributed by atoms with E-state index in [-0.39, 0.29) is 11.7 Å². The van der Waals surface area contributed by atoms with Gasteiger partial charge in [0.25, 0.3) is 0 Å². The van der Waals surface area contributed by atoms with E-state index in [1.807, 2.05) is 16.8 Å². The zero-order chi connectivity index (χ0) is 14.5. The van der Waals surface area contributed by atoms with Gasteiger partial charge in [-0.3, -0.25) is 4.79 Å². The van der Waals surface area contributed by atoms with Crippen molar-refractivity contribution in [3.63, 3.8) is 0 Å². The normalized spacial score (nSPS) is 15.0. The average molecular weight is 285 g/mol. The minimum absolute atomic E-state index is 0.0341. The lowest BCUT2D eigenvalue weighted by atomic mass is 10.4. The van der Waals surface area contributed by atoms with Crippen molar-refractivity contribution in [3.8, 4) is 5.75 Å². The fourth-order valence-electron chi connectivity index (χ4n) is 2.10. The number of hydrogen-bond acceptors (Lipinski definition) is 4. The maximum atomic E-state index is 12.0. The third-order valence-electron chi connectivity index (χ3n) is 3.21. The quantitative estimate of drug-likeness (QED) is 0.798. The fraction of sp³-hybridized carbons (Fsp3) is 0.538. The second kappa shape index (κ2) is 6.49. The van der Waals surface area contributed by atoms with E-state index in [0.717, 1.165) is 13.0 Å². The van der Waals surface area contributed by atoms with Gasteiger partial charge in [0.15, 0.2) is 0 Å². The highest BCUT2D eigenvalue weighted by Crippen LogP contribution is 2.17. The molecule has 0 bridgehead atoms. The second-order valence-corrected chi connectivity index (χ2v) is 4.64. The van der Waals surface area contributed by atoms with Gasteiger partial charge >= 0.3 is 6.61 Å². The van der Waals surface area contributed by atoms with Gasteiger partial charge in [0.05, 0.1) is 6.20 Å². The predicted molar refractivity (Wildman–Crippen MR) is 70.0 cm³/mol. The predicted octanol–water partition coefficient (Wildman–Crippen LogP) is 1.74. The smallest absolute Gasteiger partial charge is 0.387 e. The lowest BCUT2D eigenvalue weighted by Gasteiger charge is -2.22. The fourth-order valence-corrected chi connectivity index (χ4v) is 2.10. The molecule has 1 saturated heterocycles. The summed E-state index contributed by atoms with van der Waals surface area (Å²) in [5, 5.41) is 0. The van der Waals surface area contributed by atoms with Gasteiger partial charge in [-0.05, 0) is 18.6 Å². The Morgan fingerprint density at radius 3 is 2.85 bits per heavy atom. The van der Waals surface area contributed by atoms with Crippen LogP contribution in [-0.4, -0.2) is 49.1 Å². The SMILES string of the molecule is CN(CCN1CCCC1=O)c1ccc(OC(F)F)cn1. The number of aromatic nitrogens is 1. The number of anilines is 1. The van der Waals surface area contributed by atoms with Crippen molar-refractivity contribution in [2.24, 2.45) is 0 Å². The van der Waals surface area contributed by atoms with Gasteiger partial charge in [-0.25, -0.2) is 4.98 Å². The third kappa shape index (κ3) is 3.79. The molecular weight excluding hydrogens is 268 g/mol. The first-order chi connectivity index (χ1) is 9.56. The molecule has 1 aliphatic heterocycles. The highest BCUT2D eigenvalue weighted by molar-refractivity contribution is 5.78. The van der Waals surface area contributed by atoms with Gasteiger partial charge in [0.2, 0.25) is 5.91 Å². The van der Waals surface area contributed by atoms with E-state index in [9.17, 15) is 13.6 Å². The average Bonchev–Trinajstić information content (AvgIpc) is 2.82. The van der Waals surface area contributed by atoms with Crippen LogP contribution in [0, 0.1) is 0 Å². The topological polar surface area (TPSA) is 45.7 Å². The Labute approximate surface area is 116 Å². The Morgan fingerprint density at radius 2 is 2.30 bits per heavy atom. The van der Waals surface area contributed by atoms with Gasteiger partial charge in [-0.2, -0.15) is 8.78 Å². The Balaban J connectivity index is 1.85. The monoisotopic (exact) mass is 285 g/mol. The largest absolute Gasteiger partial charge is 0.433 e. The van der Waals surface area contributed by atoms with Crippen molar-refractivity contribution in [3.05, 3.63) is 18.3 Å². The molecule has 0 saturated carbocycles. The summed E-state index contributed by atoms with van der Waals surface area (Å²) in [6, 6.07) is 3.06. The molecule has 1 aromatic heterocycles. The minimum atomic E-state index is -2.85. The number of amides is 1. The summed E-state index contributed by atoms with van der Waals surface area (Å²) in [5.41, 5.74) is 0. The number of likely N-dealkylation sites (N-methyl/N-ethyl adjacent to an activating group) is 1. The van der Waals surface area contributed by atoms with Crippen molar-refractivity contribution in [1.29, 1.82) is 0 Å². The van der Waals surface area contributed by atoms with Crippen LogP contribution in [0.25, 0.3) is 0 Å². The van der Waals surface area contributed by atoms with Gasteiger partial charge in [0, 0.05) is 33.1 Å². The molecule has 0 spiro atoms. The van der Waals surface area contributed by atoms with Crippen molar-refractivity contribution in [2.45, 2.75) is 19.5 Å². The number of carbonyl (C=O) groups is 1. The van der Waals surface area contributed by atoms with Crippen molar-refractivity contribution in [1.82, 2.24) is 9.88 Å². The van der Waals surface area contributed by atoms with E-state index in [2.05, 4.69) is 9.72 Å². The molecule has 7 heteroatoms. The summed E-state index contributed by atoms with van der Waals surface area (Å²) in [6.45, 7) is -0.747. The van der Waals surface area contributed by atoms with Crippen LogP contribution in [0.2, 0.25) is 0 Å². The molecule has 1 fully saturated rings. The zero-order valence-corrected chi connectivity index (χ0v) is 11.3. The molecule has 2 rings (SSSR count). The van der Waals surface area contributed by atoms with Crippen LogP contribution in [0.4, 0.5) is 14.6 Å². The molecule has 20 heavy (non-hydrogen) atoms. The number of likely N-dealkylation sites (tertiary alicyclic amines) is 1. The molecule has 0 atom stereocenters. The summed E-state index contributed by atoms with van der Waals surface area (Å²) >= 11 is 0. The summed E-state index contributed by atoms with van der Waals surface area (Å²) in [7, 11) is 1.84. The van der Waals surface area contributed by atoms with E-state index in [1.54, 1.807) is 6.07 Å². The van der Waals surface area contributed by atoms with E-state index in [4.69, 9.17) is 0 Å². The van der Waals surface area contributed by atoms with Crippen LogP contribution >= 0.6 is 0 Å². The number of pyridine rings is 1. The molecule has 0 aliphatic carbocycles. The Morgan fingerprint density at radius 1 is 1.50 bits per heavy atom. The summed E-state index contributed by atoms with van der Waals surface area (Å²) in [5.74, 6) is 0.872. The van der Waals surface area contributed by atoms with Crippen LogP contribution in [0.3, 0.4) is 0 Å². The highest BCUT2D eigenvalue weighted by atomic mass is 19.3. The second-order valence-electron chi connectivity index (χ2n) is 4.64. The first kappa shape index (κ1) is 14.5. The Bertz CT molecular complexity index is 453. The molecule has 1 aromatic rings. The molecule has 5 nitrogen and oxygen atoms in total. The number of carbonyl (C=O) groups excluding carboxylic acids is 1. The van der Waals surface area contributed by atoms with Gasteiger partial charge in [-0.1, -0.05) is 0 Å². The van der Waals surface area contributed by atoms with Gasteiger partial charge in [-0.15, -0.1) is 0 Å². The van der Waals surface area contributed by atoms with E-state index >= 15 is 0 Å². The lowest BCUT2D eigenvalue weighted by Crippen LogP contribution is -2.34. The van der Waals surface area contributed by atoms with Gasteiger partial charge < -0.3 is 14.5 Å². The van der Waals surface area contributed by atoms with Crippen LogP contribution < -0.4 is 9.64 Å². The van der Waals surface area contributed by atoms with Crippen LogP contribution in [-0.2, 0) is 4.79 Å². The third-order valence-corrected chi connectivity index (χ3v) is 3.21. The molecule has 1 aliphatic rings. The molecule has 0 radical (unpaired) electrons. The highest BCUT2D eigenvalue weighted by Gasteiger charge is 2.20. The van der Waals surface area contributed by atoms with Gasteiger partial charge in [0.1, 0.15) is 11.6 Å². The maximum absolute atomic E-state index is 12.0. The maximum Gasteiger partial charge on any atom is 0.387 e. The van der Waals surface area contributed by atoms with Crippen molar-refractivity contribution >= 4 is 11.7 Å².